The van der Waals surface area contributed by atoms with E-state index in [0.29, 0.717) is 34.9 Å². The number of hydrogen-bond donors (Lipinski definition) is 1. The van der Waals surface area contributed by atoms with Gasteiger partial charge in [-0.2, -0.15) is 0 Å². The molecule has 1 saturated heterocycles. The number of nitrogens with one attached hydrogen (secondary N) is 1. The number of ether oxygens (including phenoxy) is 2. The molecule has 4 rings (SSSR count). The first kappa shape index (κ1) is 24.7. The SMILES string of the molecule is CCOc1cc(C=C2C(=O)NC(=O)N(c3ccc(CC)cc3)C2=O)ccc1OCc1cccc(F)c1. The summed E-state index contributed by atoms with van der Waals surface area (Å²) in [5.74, 6) is -1.04. The maximum absolute atomic E-state index is 13.5. The van der Waals surface area contributed by atoms with Crippen molar-refractivity contribution in [3.05, 3.63) is 94.8 Å². The second kappa shape index (κ2) is 10.9. The minimum atomic E-state index is -0.803. The molecule has 7 nitrogen and oxygen atoms in total. The minimum absolute atomic E-state index is 0.132. The molecule has 0 spiro atoms. The van der Waals surface area contributed by atoms with E-state index in [4.69, 9.17) is 9.47 Å². The van der Waals surface area contributed by atoms with Crippen LogP contribution >= 0.6 is 0 Å². The van der Waals surface area contributed by atoms with Crippen molar-refractivity contribution in [2.75, 3.05) is 11.5 Å². The number of aryl methyl sites for hydroxylation is 1. The Labute approximate surface area is 208 Å². The fraction of sp³-hybridized carbons (Fsp3) is 0.179. The average molecular weight is 489 g/mol. The van der Waals surface area contributed by atoms with Crippen molar-refractivity contribution in [2.45, 2.75) is 26.9 Å². The smallest absolute Gasteiger partial charge is 0.335 e. The van der Waals surface area contributed by atoms with Crippen LogP contribution in [0.5, 0.6) is 11.5 Å². The van der Waals surface area contributed by atoms with Crippen LogP contribution in [0.2, 0.25) is 0 Å². The van der Waals surface area contributed by atoms with E-state index in [1.807, 2.05) is 26.0 Å². The lowest BCUT2D eigenvalue weighted by molar-refractivity contribution is -0.122. The van der Waals surface area contributed by atoms with E-state index in [1.54, 1.807) is 42.5 Å². The monoisotopic (exact) mass is 488 g/mol. The molecule has 0 bridgehead atoms. The third-order valence-corrected chi connectivity index (χ3v) is 5.57. The normalized spacial score (nSPS) is 14.7. The first-order chi connectivity index (χ1) is 17.4. The summed E-state index contributed by atoms with van der Waals surface area (Å²) in [6.45, 7) is 4.30. The molecular formula is C28H25FN2O5. The van der Waals surface area contributed by atoms with Crippen LogP contribution in [-0.2, 0) is 22.6 Å². The number of halogens is 1. The molecule has 1 fully saturated rings. The van der Waals surface area contributed by atoms with Crippen molar-refractivity contribution in [3.8, 4) is 11.5 Å². The number of carbonyl (C=O) groups is 3. The molecule has 0 unspecified atom stereocenters. The van der Waals surface area contributed by atoms with E-state index >= 15 is 0 Å². The van der Waals surface area contributed by atoms with Crippen LogP contribution in [0.25, 0.3) is 6.08 Å². The molecule has 0 radical (unpaired) electrons. The van der Waals surface area contributed by atoms with E-state index < -0.39 is 17.8 Å². The zero-order valence-electron chi connectivity index (χ0n) is 19.9. The maximum Gasteiger partial charge on any atom is 0.335 e. The van der Waals surface area contributed by atoms with Crippen LogP contribution in [0, 0.1) is 5.82 Å². The number of imide groups is 2. The zero-order valence-corrected chi connectivity index (χ0v) is 19.9. The summed E-state index contributed by atoms with van der Waals surface area (Å²) in [6, 6.07) is 17.2. The lowest BCUT2D eigenvalue weighted by Crippen LogP contribution is -2.54. The second-order valence-electron chi connectivity index (χ2n) is 8.04. The van der Waals surface area contributed by atoms with Gasteiger partial charge in [0, 0.05) is 0 Å². The quantitative estimate of drug-likeness (QED) is 0.355. The Kier molecular flexibility index (Phi) is 7.44. The third kappa shape index (κ3) is 5.43. The number of urea groups is 1. The predicted octanol–water partition coefficient (Wildman–Crippen LogP) is 5.03. The van der Waals surface area contributed by atoms with E-state index in [9.17, 15) is 18.8 Å². The summed E-state index contributed by atoms with van der Waals surface area (Å²) in [6.07, 6.45) is 2.21. The minimum Gasteiger partial charge on any atom is -0.490 e. The van der Waals surface area contributed by atoms with E-state index in [2.05, 4.69) is 5.32 Å². The van der Waals surface area contributed by atoms with Crippen LogP contribution < -0.4 is 19.7 Å². The molecule has 1 aliphatic heterocycles. The molecule has 184 valence electrons. The predicted molar refractivity (Wildman–Crippen MR) is 133 cm³/mol. The first-order valence-corrected chi connectivity index (χ1v) is 11.5. The van der Waals surface area contributed by atoms with Crippen LogP contribution in [0.3, 0.4) is 0 Å². The molecule has 0 saturated carbocycles. The average Bonchev–Trinajstić information content (AvgIpc) is 2.86. The fourth-order valence-corrected chi connectivity index (χ4v) is 3.73. The van der Waals surface area contributed by atoms with E-state index in [0.717, 1.165) is 16.9 Å². The second-order valence-corrected chi connectivity index (χ2v) is 8.04. The van der Waals surface area contributed by atoms with Gasteiger partial charge in [-0.3, -0.25) is 14.9 Å². The molecular weight excluding hydrogens is 463 g/mol. The van der Waals surface area contributed by atoms with Gasteiger partial charge < -0.3 is 9.47 Å². The lowest BCUT2D eigenvalue weighted by Gasteiger charge is -2.26. The van der Waals surface area contributed by atoms with Crippen molar-refractivity contribution < 1.29 is 28.2 Å². The highest BCUT2D eigenvalue weighted by atomic mass is 19.1. The van der Waals surface area contributed by atoms with Gasteiger partial charge in [0.05, 0.1) is 12.3 Å². The van der Waals surface area contributed by atoms with E-state index in [-0.39, 0.29) is 18.0 Å². The van der Waals surface area contributed by atoms with Gasteiger partial charge in [0.2, 0.25) is 0 Å². The Morgan fingerprint density at radius 2 is 1.67 bits per heavy atom. The summed E-state index contributed by atoms with van der Waals surface area (Å²) in [4.78, 5) is 39.1. The van der Waals surface area contributed by atoms with Gasteiger partial charge >= 0.3 is 6.03 Å². The Bertz CT molecular complexity index is 1330. The number of rotatable bonds is 8. The molecule has 0 aromatic heterocycles. The molecule has 4 amide bonds. The molecule has 3 aromatic rings. The Morgan fingerprint density at radius 1 is 0.889 bits per heavy atom. The van der Waals surface area contributed by atoms with Gasteiger partial charge in [0.15, 0.2) is 11.5 Å². The topological polar surface area (TPSA) is 84.9 Å². The summed E-state index contributed by atoms with van der Waals surface area (Å²) in [5, 5.41) is 2.22. The molecule has 0 atom stereocenters. The summed E-state index contributed by atoms with van der Waals surface area (Å²) >= 11 is 0. The van der Waals surface area contributed by atoms with Gasteiger partial charge in [-0.1, -0.05) is 37.3 Å². The van der Waals surface area contributed by atoms with Crippen molar-refractivity contribution in [1.29, 1.82) is 0 Å². The summed E-state index contributed by atoms with van der Waals surface area (Å²) in [7, 11) is 0. The van der Waals surface area contributed by atoms with Crippen molar-refractivity contribution in [2.24, 2.45) is 0 Å². The van der Waals surface area contributed by atoms with Gasteiger partial charge in [0.25, 0.3) is 11.8 Å². The van der Waals surface area contributed by atoms with Crippen LogP contribution in [0.15, 0.2) is 72.3 Å². The molecule has 3 aromatic carbocycles. The highest BCUT2D eigenvalue weighted by molar-refractivity contribution is 6.39. The largest absolute Gasteiger partial charge is 0.490 e. The van der Waals surface area contributed by atoms with Gasteiger partial charge in [-0.05, 0) is 72.5 Å². The Hall–Kier alpha value is -4.46. The van der Waals surface area contributed by atoms with E-state index in [1.165, 1.54) is 18.2 Å². The van der Waals surface area contributed by atoms with Crippen LogP contribution in [0.4, 0.5) is 14.9 Å². The van der Waals surface area contributed by atoms with Gasteiger partial charge in [0.1, 0.15) is 18.0 Å². The Balaban J connectivity index is 1.60. The standard InChI is InChI=1S/C28H25FN2O5/c1-3-18-8-11-22(12-9-18)31-27(33)23(26(32)30-28(31)34)15-19-10-13-24(25(16-19)35-4-2)36-17-20-6-5-7-21(29)14-20/h5-16H,3-4,17H2,1-2H3,(H,30,32,34). The number of carbonyl (C=O) groups excluding carboxylic acids is 3. The zero-order chi connectivity index (χ0) is 25.7. The van der Waals surface area contributed by atoms with Crippen LogP contribution in [0.1, 0.15) is 30.5 Å². The maximum atomic E-state index is 13.5. The fourth-order valence-electron chi connectivity index (χ4n) is 3.73. The number of nitrogens with zero attached hydrogens (tertiary/aromatic N) is 1. The lowest BCUT2D eigenvalue weighted by atomic mass is 10.1. The number of anilines is 1. The summed E-state index contributed by atoms with van der Waals surface area (Å²) in [5.41, 5.74) is 2.39. The first-order valence-electron chi connectivity index (χ1n) is 11.5. The molecule has 1 heterocycles. The molecule has 8 heteroatoms. The van der Waals surface area contributed by atoms with Crippen molar-refractivity contribution in [1.82, 2.24) is 5.32 Å². The van der Waals surface area contributed by atoms with Crippen molar-refractivity contribution in [3.63, 3.8) is 0 Å². The molecule has 36 heavy (non-hydrogen) atoms. The van der Waals surface area contributed by atoms with Gasteiger partial charge in [-0.25, -0.2) is 14.1 Å². The van der Waals surface area contributed by atoms with Crippen molar-refractivity contribution >= 4 is 29.6 Å². The highest BCUT2D eigenvalue weighted by Crippen LogP contribution is 2.31. The highest BCUT2D eigenvalue weighted by Gasteiger charge is 2.36. The third-order valence-electron chi connectivity index (χ3n) is 5.57. The molecule has 1 aliphatic rings. The van der Waals surface area contributed by atoms with Crippen LogP contribution in [-0.4, -0.2) is 24.5 Å². The van der Waals surface area contributed by atoms with Gasteiger partial charge in [-0.15, -0.1) is 0 Å². The molecule has 1 N–H and O–H groups in total. The Morgan fingerprint density at radius 3 is 2.36 bits per heavy atom. The molecule has 0 aliphatic carbocycles. The number of hydrogen-bond acceptors (Lipinski definition) is 5. The number of barbiturate groups is 1. The summed E-state index contributed by atoms with van der Waals surface area (Å²) < 4.78 is 25.0. The number of benzene rings is 3. The number of amides is 4.